The van der Waals surface area contributed by atoms with Crippen LogP contribution in [0.5, 0.6) is 5.75 Å². The molecule has 0 aliphatic carbocycles. The standard InChI is InChI=1S/C21H28N2O3/c1-15(2)10-11-23-18-9-8-17(21(23)25)13-22(14-18)20(24)12-16-6-4-5-7-19(16)26-3/h4-7,10,17-18H,8-9,11-14H2,1-3H3/t17-,18+/m0/s1. The molecule has 140 valence electrons. The first kappa shape index (κ1) is 18.5. The molecule has 5 heteroatoms. The molecule has 2 bridgehead atoms. The minimum absolute atomic E-state index is 0.0686. The topological polar surface area (TPSA) is 49.9 Å². The van der Waals surface area contributed by atoms with Gasteiger partial charge in [0.05, 0.1) is 19.4 Å². The Morgan fingerprint density at radius 1 is 1.23 bits per heavy atom. The van der Waals surface area contributed by atoms with Crippen LogP contribution in [0.1, 0.15) is 32.3 Å². The predicted octanol–water partition coefficient (Wildman–Crippen LogP) is 2.65. The van der Waals surface area contributed by atoms with Crippen LogP contribution in [0, 0.1) is 5.92 Å². The summed E-state index contributed by atoms with van der Waals surface area (Å²) in [6.07, 6.45) is 4.27. The maximum absolute atomic E-state index is 12.9. The number of piperidine rings is 1. The van der Waals surface area contributed by atoms with Gasteiger partial charge in [0.2, 0.25) is 11.8 Å². The highest BCUT2D eigenvalue weighted by atomic mass is 16.5. The van der Waals surface area contributed by atoms with Gasteiger partial charge in [-0.2, -0.15) is 0 Å². The van der Waals surface area contributed by atoms with Crippen molar-refractivity contribution in [1.29, 1.82) is 0 Å². The van der Waals surface area contributed by atoms with Gasteiger partial charge < -0.3 is 14.5 Å². The molecule has 3 fully saturated rings. The third kappa shape index (κ3) is 3.92. The zero-order valence-corrected chi connectivity index (χ0v) is 15.9. The van der Waals surface area contributed by atoms with Crippen LogP contribution < -0.4 is 4.74 Å². The van der Waals surface area contributed by atoms with Gasteiger partial charge in [-0.25, -0.2) is 0 Å². The van der Waals surface area contributed by atoms with E-state index in [1.807, 2.05) is 47.9 Å². The number of ether oxygens (including phenoxy) is 1. The molecule has 3 aliphatic rings. The SMILES string of the molecule is COc1ccccc1CC(=O)N1C[C@@H]2CC[C@H](C1)N(CC=C(C)C)C2=O. The summed E-state index contributed by atoms with van der Waals surface area (Å²) in [5.74, 6) is 0.940. The van der Waals surface area contributed by atoms with Crippen LogP contribution >= 0.6 is 0 Å². The maximum Gasteiger partial charge on any atom is 0.228 e. The van der Waals surface area contributed by atoms with Crippen LogP contribution in [0.3, 0.4) is 0 Å². The van der Waals surface area contributed by atoms with E-state index in [4.69, 9.17) is 4.74 Å². The summed E-state index contributed by atoms with van der Waals surface area (Å²) in [6.45, 7) is 5.91. The van der Waals surface area contributed by atoms with Crippen molar-refractivity contribution in [2.45, 2.75) is 39.2 Å². The lowest BCUT2D eigenvalue weighted by atomic mass is 9.94. The number of carbonyl (C=O) groups is 2. The summed E-state index contributed by atoms with van der Waals surface area (Å²) in [7, 11) is 1.62. The number of hydrogen-bond acceptors (Lipinski definition) is 3. The maximum atomic E-state index is 12.9. The summed E-state index contributed by atoms with van der Waals surface area (Å²) in [5.41, 5.74) is 2.10. The van der Waals surface area contributed by atoms with Crippen molar-refractivity contribution in [3.05, 3.63) is 41.5 Å². The Morgan fingerprint density at radius 2 is 2.00 bits per heavy atom. The molecule has 5 nitrogen and oxygen atoms in total. The largest absolute Gasteiger partial charge is 0.496 e. The Hall–Kier alpha value is -2.30. The molecule has 0 saturated carbocycles. The molecular weight excluding hydrogens is 328 g/mol. The molecule has 2 atom stereocenters. The Balaban J connectivity index is 1.73. The number of rotatable bonds is 5. The van der Waals surface area contributed by atoms with Crippen LogP contribution in [0.15, 0.2) is 35.9 Å². The number of fused-ring (bicyclic) bond motifs is 4. The van der Waals surface area contributed by atoms with E-state index in [-0.39, 0.29) is 23.8 Å². The highest BCUT2D eigenvalue weighted by molar-refractivity contribution is 5.84. The lowest BCUT2D eigenvalue weighted by molar-refractivity contribution is -0.139. The lowest BCUT2D eigenvalue weighted by Crippen LogP contribution is -2.48. The fourth-order valence-electron chi connectivity index (χ4n) is 3.89. The molecule has 3 heterocycles. The number of para-hydroxylation sites is 1. The molecule has 0 aromatic heterocycles. The number of hydrogen-bond donors (Lipinski definition) is 0. The van der Waals surface area contributed by atoms with Gasteiger partial charge in [0.25, 0.3) is 0 Å². The number of methoxy groups -OCH3 is 1. The van der Waals surface area contributed by atoms with Gasteiger partial charge in [-0.3, -0.25) is 9.59 Å². The zero-order chi connectivity index (χ0) is 18.7. The molecule has 1 aromatic rings. The van der Waals surface area contributed by atoms with Crippen molar-refractivity contribution < 1.29 is 14.3 Å². The second-order valence-corrected chi connectivity index (χ2v) is 7.49. The van der Waals surface area contributed by atoms with E-state index in [0.717, 1.165) is 24.2 Å². The summed E-state index contributed by atoms with van der Waals surface area (Å²) < 4.78 is 5.36. The van der Waals surface area contributed by atoms with Crippen molar-refractivity contribution >= 4 is 11.8 Å². The highest BCUT2D eigenvalue weighted by Crippen LogP contribution is 2.30. The number of amides is 2. The summed E-state index contributed by atoms with van der Waals surface area (Å²) in [4.78, 5) is 29.6. The van der Waals surface area contributed by atoms with Gasteiger partial charge in [0.15, 0.2) is 0 Å². The third-order valence-electron chi connectivity index (χ3n) is 5.38. The van der Waals surface area contributed by atoms with E-state index >= 15 is 0 Å². The fraction of sp³-hybridized carbons (Fsp3) is 0.524. The number of nitrogens with zero attached hydrogens (tertiary/aromatic N) is 2. The minimum atomic E-state index is -0.0686. The molecule has 3 aliphatic heterocycles. The molecule has 2 amide bonds. The van der Waals surface area contributed by atoms with E-state index in [2.05, 4.69) is 6.08 Å². The van der Waals surface area contributed by atoms with E-state index in [1.54, 1.807) is 7.11 Å². The van der Waals surface area contributed by atoms with Crippen LogP contribution in [0.4, 0.5) is 0 Å². The molecular formula is C21H28N2O3. The highest BCUT2D eigenvalue weighted by Gasteiger charge is 2.41. The van der Waals surface area contributed by atoms with Gasteiger partial charge in [-0.15, -0.1) is 0 Å². The van der Waals surface area contributed by atoms with Crippen LogP contribution in [0.2, 0.25) is 0 Å². The van der Waals surface area contributed by atoms with Crippen LogP contribution in [-0.2, 0) is 16.0 Å². The Labute approximate surface area is 155 Å². The minimum Gasteiger partial charge on any atom is -0.496 e. The Kier molecular flexibility index (Phi) is 5.64. The molecule has 0 radical (unpaired) electrons. The molecule has 3 saturated heterocycles. The van der Waals surface area contributed by atoms with E-state index < -0.39 is 0 Å². The van der Waals surface area contributed by atoms with Crippen molar-refractivity contribution in [1.82, 2.24) is 9.80 Å². The monoisotopic (exact) mass is 356 g/mol. The average Bonchev–Trinajstić information content (AvgIpc) is 2.91. The second-order valence-electron chi connectivity index (χ2n) is 7.49. The van der Waals surface area contributed by atoms with Gasteiger partial charge in [-0.1, -0.05) is 29.8 Å². The smallest absolute Gasteiger partial charge is 0.228 e. The van der Waals surface area contributed by atoms with Gasteiger partial charge in [0, 0.05) is 31.2 Å². The molecule has 1 aromatic carbocycles. The second kappa shape index (κ2) is 7.94. The van der Waals surface area contributed by atoms with Crippen molar-refractivity contribution in [3.63, 3.8) is 0 Å². The van der Waals surface area contributed by atoms with E-state index in [0.29, 0.717) is 26.1 Å². The first-order chi connectivity index (χ1) is 12.5. The van der Waals surface area contributed by atoms with E-state index in [1.165, 1.54) is 5.57 Å². The summed E-state index contributed by atoms with van der Waals surface area (Å²) in [6, 6.07) is 7.74. The first-order valence-electron chi connectivity index (χ1n) is 9.33. The molecule has 0 N–H and O–H groups in total. The summed E-state index contributed by atoms with van der Waals surface area (Å²) in [5, 5.41) is 0. The normalized spacial score (nSPS) is 22.2. The average molecular weight is 356 g/mol. The van der Waals surface area contributed by atoms with E-state index in [9.17, 15) is 9.59 Å². The first-order valence-corrected chi connectivity index (χ1v) is 9.33. The van der Waals surface area contributed by atoms with Crippen LogP contribution in [0.25, 0.3) is 0 Å². The molecule has 26 heavy (non-hydrogen) atoms. The third-order valence-corrected chi connectivity index (χ3v) is 5.38. The summed E-state index contributed by atoms with van der Waals surface area (Å²) >= 11 is 0. The fourth-order valence-corrected chi connectivity index (χ4v) is 3.89. The van der Waals surface area contributed by atoms with Gasteiger partial charge in [0.1, 0.15) is 5.75 Å². The quantitative estimate of drug-likeness (QED) is 0.762. The van der Waals surface area contributed by atoms with Crippen molar-refractivity contribution in [3.8, 4) is 5.75 Å². The number of carbonyl (C=O) groups excluding carboxylic acids is 2. The van der Waals surface area contributed by atoms with Gasteiger partial charge >= 0.3 is 0 Å². The van der Waals surface area contributed by atoms with Crippen molar-refractivity contribution in [2.75, 3.05) is 26.7 Å². The Bertz CT molecular complexity index is 709. The predicted molar refractivity (Wildman–Crippen MR) is 101 cm³/mol. The Morgan fingerprint density at radius 3 is 2.73 bits per heavy atom. The van der Waals surface area contributed by atoms with Gasteiger partial charge in [-0.05, 0) is 32.8 Å². The number of benzene rings is 1. The van der Waals surface area contributed by atoms with Crippen LogP contribution in [-0.4, -0.2) is 54.4 Å². The zero-order valence-electron chi connectivity index (χ0n) is 15.9. The molecule has 4 rings (SSSR count). The number of allylic oxidation sites excluding steroid dienone is 1. The lowest BCUT2D eigenvalue weighted by Gasteiger charge is -2.35. The molecule has 0 unspecified atom stereocenters. The van der Waals surface area contributed by atoms with Crippen molar-refractivity contribution in [2.24, 2.45) is 5.92 Å². The molecule has 0 spiro atoms.